The van der Waals surface area contributed by atoms with Gasteiger partial charge in [-0.1, -0.05) is 12.1 Å². The highest BCUT2D eigenvalue weighted by Gasteiger charge is 2.18. The molecular weight excluding hydrogens is 300 g/mol. The highest BCUT2D eigenvalue weighted by Crippen LogP contribution is 2.16. The van der Waals surface area contributed by atoms with Gasteiger partial charge in [-0.25, -0.2) is 0 Å². The first-order valence-electron chi connectivity index (χ1n) is 8.36. The van der Waals surface area contributed by atoms with Gasteiger partial charge >= 0.3 is 0 Å². The van der Waals surface area contributed by atoms with Gasteiger partial charge in [0.05, 0.1) is 12.1 Å². The first kappa shape index (κ1) is 18.0. The van der Waals surface area contributed by atoms with Crippen LogP contribution in [-0.4, -0.2) is 41.2 Å². The molecule has 130 valence electrons. The van der Waals surface area contributed by atoms with Gasteiger partial charge in [-0.15, -0.1) is 0 Å². The van der Waals surface area contributed by atoms with E-state index in [-0.39, 0.29) is 5.91 Å². The molecule has 0 aliphatic carbocycles. The summed E-state index contributed by atoms with van der Waals surface area (Å²) in [6, 6.07) is 8.35. The van der Waals surface area contributed by atoms with Crippen LogP contribution in [0.15, 0.2) is 24.3 Å². The Morgan fingerprint density at radius 3 is 2.25 bits per heavy atom. The molecule has 0 saturated heterocycles. The SMILES string of the molecule is CCN(Cc1ccc(N(C)C)cc1)C(=O)Cc1c(C)nn(C)c1C. The van der Waals surface area contributed by atoms with E-state index in [4.69, 9.17) is 0 Å². The quantitative estimate of drug-likeness (QED) is 0.819. The molecule has 0 aliphatic rings. The molecule has 0 saturated carbocycles. The van der Waals surface area contributed by atoms with Crippen molar-refractivity contribution in [3.8, 4) is 0 Å². The number of benzene rings is 1. The maximum absolute atomic E-state index is 12.7. The van der Waals surface area contributed by atoms with E-state index < -0.39 is 0 Å². The number of aromatic nitrogens is 2. The number of carbonyl (C=O) groups excluding carboxylic acids is 1. The van der Waals surface area contributed by atoms with E-state index in [9.17, 15) is 4.79 Å². The van der Waals surface area contributed by atoms with Crippen LogP contribution >= 0.6 is 0 Å². The number of nitrogens with zero attached hydrogens (tertiary/aromatic N) is 4. The highest BCUT2D eigenvalue weighted by molar-refractivity contribution is 5.79. The highest BCUT2D eigenvalue weighted by atomic mass is 16.2. The lowest BCUT2D eigenvalue weighted by molar-refractivity contribution is -0.130. The minimum absolute atomic E-state index is 0.147. The zero-order valence-electron chi connectivity index (χ0n) is 15.6. The average molecular weight is 328 g/mol. The molecular formula is C19H28N4O. The van der Waals surface area contributed by atoms with Crippen LogP contribution in [-0.2, 0) is 24.8 Å². The van der Waals surface area contributed by atoms with Crippen LogP contribution in [0.5, 0.6) is 0 Å². The van der Waals surface area contributed by atoms with Gasteiger partial charge in [0, 0.05) is 51.2 Å². The van der Waals surface area contributed by atoms with Crippen molar-refractivity contribution in [2.75, 3.05) is 25.5 Å². The molecule has 0 fully saturated rings. The summed E-state index contributed by atoms with van der Waals surface area (Å²) in [5.74, 6) is 0.147. The predicted octanol–water partition coefficient (Wildman–Crippen LogP) is 2.69. The summed E-state index contributed by atoms with van der Waals surface area (Å²) in [4.78, 5) is 16.7. The first-order valence-corrected chi connectivity index (χ1v) is 8.36. The molecule has 0 radical (unpaired) electrons. The van der Waals surface area contributed by atoms with E-state index >= 15 is 0 Å². The third-order valence-electron chi connectivity index (χ3n) is 4.55. The molecule has 0 atom stereocenters. The van der Waals surface area contributed by atoms with Gasteiger partial charge < -0.3 is 9.80 Å². The number of hydrogen-bond acceptors (Lipinski definition) is 3. The molecule has 24 heavy (non-hydrogen) atoms. The van der Waals surface area contributed by atoms with Gasteiger partial charge in [0.2, 0.25) is 5.91 Å². The van der Waals surface area contributed by atoms with Gasteiger partial charge in [-0.3, -0.25) is 9.48 Å². The molecule has 0 unspecified atom stereocenters. The van der Waals surface area contributed by atoms with Gasteiger partial charge in [0.15, 0.2) is 0 Å². The van der Waals surface area contributed by atoms with Gasteiger partial charge in [-0.05, 0) is 38.5 Å². The summed E-state index contributed by atoms with van der Waals surface area (Å²) in [5.41, 5.74) is 5.36. The molecule has 0 aliphatic heterocycles. The van der Waals surface area contributed by atoms with E-state index in [0.717, 1.165) is 28.2 Å². The van der Waals surface area contributed by atoms with Crippen LogP contribution in [0.1, 0.15) is 29.4 Å². The summed E-state index contributed by atoms with van der Waals surface area (Å²) in [7, 11) is 5.96. The minimum Gasteiger partial charge on any atom is -0.378 e. The van der Waals surface area contributed by atoms with E-state index in [2.05, 4.69) is 34.3 Å². The Bertz CT molecular complexity index is 701. The summed E-state index contributed by atoms with van der Waals surface area (Å²) >= 11 is 0. The van der Waals surface area contributed by atoms with Crippen molar-refractivity contribution in [2.24, 2.45) is 7.05 Å². The van der Waals surface area contributed by atoms with E-state index in [0.29, 0.717) is 19.5 Å². The Kier molecular flexibility index (Phi) is 5.65. The van der Waals surface area contributed by atoms with Crippen molar-refractivity contribution < 1.29 is 4.79 Å². The van der Waals surface area contributed by atoms with Gasteiger partial charge in [0.1, 0.15) is 0 Å². The third-order valence-corrected chi connectivity index (χ3v) is 4.55. The number of rotatable bonds is 6. The van der Waals surface area contributed by atoms with Crippen LogP contribution in [0.4, 0.5) is 5.69 Å². The zero-order chi connectivity index (χ0) is 17.9. The maximum atomic E-state index is 12.7. The molecule has 0 spiro atoms. The molecule has 2 rings (SSSR count). The Hall–Kier alpha value is -2.30. The number of hydrogen-bond donors (Lipinski definition) is 0. The van der Waals surface area contributed by atoms with Crippen molar-refractivity contribution in [3.63, 3.8) is 0 Å². The lowest BCUT2D eigenvalue weighted by Crippen LogP contribution is -2.31. The Labute approximate surface area is 144 Å². The Balaban J connectivity index is 2.08. The van der Waals surface area contributed by atoms with Gasteiger partial charge in [0.25, 0.3) is 0 Å². The monoisotopic (exact) mass is 328 g/mol. The maximum Gasteiger partial charge on any atom is 0.227 e. The van der Waals surface area contributed by atoms with Crippen LogP contribution < -0.4 is 4.90 Å². The predicted molar refractivity (Wildman–Crippen MR) is 98.2 cm³/mol. The van der Waals surface area contributed by atoms with Crippen molar-refractivity contribution in [1.29, 1.82) is 0 Å². The first-order chi connectivity index (χ1) is 11.3. The summed E-state index contributed by atoms with van der Waals surface area (Å²) in [5, 5.41) is 4.40. The summed E-state index contributed by atoms with van der Waals surface area (Å²) in [6.07, 6.45) is 0.412. The summed E-state index contributed by atoms with van der Waals surface area (Å²) < 4.78 is 1.84. The fourth-order valence-corrected chi connectivity index (χ4v) is 2.83. The fraction of sp³-hybridized carbons (Fsp3) is 0.474. The van der Waals surface area contributed by atoms with E-state index in [1.807, 2.05) is 51.5 Å². The van der Waals surface area contributed by atoms with E-state index in [1.54, 1.807) is 0 Å². The Morgan fingerprint density at radius 1 is 1.17 bits per heavy atom. The lowest BCUT2D eigenvalue weighted by atomic mass is 10.1. The topological polar surface area (TPSA) is 41.4 Å². The summed E-state index contributed by atoms with van der Waals surface area (Å²) in [6.45, 7) is 7.34. The standard InChI is InChI=1S/C19H28N4O/c1-7-23(13-16-8-10-17(11-9-16)21(4)5)19(24)12-18-14(2)20-22(6)15(18)3/h8-11H,7,12-13H2,1-6H3. The van der Waals surface area contributed by atoms with Crippen molar-refractivity contribution in [1.82, 2.24) is 14.7 Å². The minimum atomic E-state index is 0.147. The Morgan fingerprint density at radius 2 is 1.79 bits per heavy atom. The lowest BCUT2D eigenvalue weighted by Gasteiger charge is -2.22. The second kappa shape index (κ2) is 7.51. The molecule has 2 aromatic rings. The molecule has 0 bridgehead atoms. The largest absolute Gasteiger partial charge is 0.378 e. The number of carbonyl (C=O) groups is 1. The second-order valence-electron chi connectivity index (χ2n) is 6.42. The van der Waals surface area contributed by atoms with Crippen LogP contribution in [0.2, 0.25) is 0 Å². The van der Waals surface area contributed by atoms with Crippen molar-refractivity contribution >= 4 is 11.6 Å². The number of amides is 1. The molecule has 5 heteroatoms. The van der Waals surface area contributed by atoms with Gasteiger partial charge in [-0.2, -0.15) is 5.10 Å². The molecule has 1 heterocycles. The number of anilines is 1. The van der Waals surface area contributed by atoms with Crippen LogP contribution in [0.25, 0.3) is 0 Å². The van der Waals surface area contributed by atoms with Crippen LogP contribution in [0.3, 0.4) is 0 Å². The zero-order valence-corrected chi connectivity index (χ0v) is 15.6. The second-order valence-corrected chi connectivity index (χ2v) is 6.42. The average Bonchev–Trinajstić information content (AvgIpc) is 2.79. The number of likely N-dealkylation sites (N-methyl/N-ethyl adjacent to an activating group) is 1. The number of aryl methyl sites for hydroxylation is 2. The molecule has 1 aromatic carbocycles. The molecule has 1 amide bonds. The molecule has 0 N–H and O–H groups in total. The smallest absolute Gasteiger partial charge is 0.227 e. The normalized spacial score (nSPS) is 10.8. The van der Waals surface area contributed by atoms with Crippen molar-refractivity contribution in [3.05, 3.63) is 46.8 Å². The molecule has 5 nitrogen and oxygen atoms in total. The fourth-order valence-electron chi connectivity index (χ4n) is 2.83. The molecule has 1 aromatic heterocycles. The third kappa shape index (κ3) is 3.96. The van der Waals surface area contributed by atoms with Crippen LogP contribution in [0, 0.1) is 13.8 Å². The van der Waals surface area contributed by atoms with E-state index in [1.165, 1.54) is 0 Å². The van der Waals surface area contributed by atoms with Crippen molar-refractivity contribution in [2.45, 2.75) is 33.7 Å².